The summed E-state index contributed by atoms with van der Waals surface area (Å²) in [7, 11) is 0. The highest BCUT2D eigenvalue weighted by Gasteiger charge is 2.72. The maximum atomic E-state index is 16.9. The second-order valence-corrected chi connectivity index (χ2v) is 10.9. The molecule has 0 radical (unpaired) electrons. The van der Waals surface area contributed by atoms with Crippen molar-refractivity contribution in [3.8, 4) is 0 Å². The van der Waals surface area contributed by atoms with Crippen LogP contribution >= 0.6 is 11.8 Å². The van der Waals surface area contributed by atoms with Crippen LogP contribution in [-0.4, -0.2) is 45.5 Å². The first-order chi connectivity index (χ1) is 13.9. The van der Waals surface area contributed by atoms with Crippen molar-refractivity contribution in [2.45, 2.75) is 64.4 Å². The average Bonchev–Trinajstić information content (AvgIpc) is 3.00. The first kappa shape index (κ1) is 21.9. The predicted octanol–water partition coefficient (Wildman–Crippen LogP) is 3.77. The van der Waals surface area contributed by atoms with E-state index in [1.807, 2.05) is 6.92 Å². The van der Waals surface area contributed by atoms with E-state index >= 15 is 8.78 Å². The summed E-state index contributed by atoms with van der Waals surface area (Å²) in [6, 6.07) is 0. The molecule has 0 aromatic rings. The van der Waals surface area contributed by atoms with Crippen LogP contribution in [0.15, 0.2) is 23.8 Å². The van der Waals surface area contributed by atoms with Crippen LogP contribution in [0.5, 0.6) is 0 Å². The molecule has 0 aromatic carbocycles. The average molecular weight is 439 g/mol. The van der Waals surface area contributed by atoms with Crippen LogP contribution in [0.3, 0.4) is 0 Å². The van der Waals surface area contributed by atoms with Gasteiger partial charge in [-0.2, -0.15) is 0 Å². The summed E-state index contributed by atoms with van der Waals surface area (Å²) in [6.07, 6.45) is 2.16. The van der Waals surface area contributed by atoms with Crippen LogP contribution in [0, 0.1) is 28.6 Å². The third kappa shape index (κ3) is 2.84. The number of carbonyl (C=O) groups is 3. The lowest BCUT2D eigenvalue weighted by Crippen LogP contribution is -2.68. The molecule has 0 saturated heterocycles. The number of halogens is 2. The summed E-state index contributed by atoms with van der Waals surface area (Å²) in [5.74, 6) is -1.74. The van der Waals surface area contributed by atoms with Gasteiger partial charge in [0, 0.05) is 17.3 Å². The highest BCUT2D eigenvalue weighted by molar-refractivity contribution is 8.14. The normalized spacial score (nSPS) is 47.2. The number of allylic oxidation sites excluding steroid dienone is 4. The fraction of sp³-hybridized carbons (Fsp3) is 0.696. The van der Waals surface area contributed by atoms with Crippen molar-refractivity contribution in [1.82, 2.24) is 0 Å². The molecule has 8 atom stereocenters. The Hall–Kier alpha value is -1.34. The molecule has 0 spiro atoms. The molecule has 4 rings (SSSR count). The monoisotopic (exact) mass is 438 g/mol. The van der Waals surface area contributed by atoms with E-state index < -0.39 is 40.6 Å². The maximum absolute atomic E-state index is 16.9. The van der Waals surface area contributed by atoms with Gasteiger partial charge in [-0.25, -0.2) is 8.78 Å². The fourth-order valence-electron chi connectivity index (χ4n) is 6.86. The second-order valence-electron chi connectivity index (χ2n) is 9.89. The van der Waals surface area contributed by atoms with Gasteiger partial charge in [-0.3, -0.25) is 14.4 Å². The standard InChI is InChI=1S/C23H28F2O4S/c1-12(26)11-30-20(29)15-5-4-14-16-9-18(24)17-8-13(27)6-7-22(17,3)23(16,25)19(28)10-21(14,15)2/h6-8,14-16,18-19,28H,4-5,9-11H2,1-3H3/t14?,15-,16+,18+,19+,21+,22+,23+/m1/s1. The van der Waals surface area contributed by atoms with Crippen LogP contribution in [0.1, 0.15) is 46.5 Å². The van der Waals surface area contributed by atoms with Crippen molar-refractivity contribution >= 4 is 28.4 Å². The molecule has 1 N–H and O–H groups in total. The number of alkyl halides is 2. The lowest BCUT2D eigenvalue weighted by Gasteiger charge is -2.62. The Kier molecular flexibility index (Phi) is 5.17. The summed E-state index contributed by atoms with van der Waals surface area (Å²) in [6.45, 7) is 4.91. The van der Waals surface area contributed by atoms with Crippen molar-refractivity contribution in [2.24, 2.45) is 28.6 Å². The third-order valence-electron chi connectivity index (χ3n) is 8.33. The first-order valence-corrected chi connectivity index (χ1v) is 11.6. The van der Waals surface area contributed by atoms with E-state index in [1.54, 1.807) is 6.92 Å². The van der Waals surface area contributed by atoms with Crippen molar-refractivity contribution in [3.63, 3.8) is 0 Å². The molecule has 164 valence electrons. The van der Waals surface area contributed by atoms with Crippen molar-refractivity contribution in [2.75, 3.05) is 5.75 Å². The number of ketones is 2. The summed E-state index contributed by atoms with van der Waals surface area (Å²) in [5.41, 5.74) is -4.03. The maximum Gasteiger partial charge on any atom is 0.193 e. The molecular weight excluding hydrogens is 410 g/mol. The number of carbonyl (C=O) groups excluding carboxylic acids is 3. The largest absolute Gasteiger partial charge is 0.390 e. The van der Waals surface area contributed by atoms with E-state index in [4.69, 9.17) is 0 Å². The number of hydrogen-bond donors (Lipinski definition) is 1. The number of hydrogen-bond acceptors (Lipinski definition) is 5. The van der Waals surface area contributed by atoms with E-state index in [0.717, 1.165) is 11.8 Å². The molecule has 7 heteroatoms. The number of aliphatic hydroxyl groups is 1. The zero-order valence-electron chi connectivity index (χ0n) is 17.5. The molecule has 0 aromatic heterocycles. The van der Waals surface area contributed by atoms with Crippen molar-refractivity contribution in [3.05, 3.63) is 23.8 Å². The van der Waals surface area contributed by atoms with Crippen molar-refractivity contribution < 1.29 is 28.3 Å². The summed E-state index contributed by atoms with van der Waals surface area (Å²) in [4.78, 5) is 36.0. The highest BCUT2D eigenvalue weighted by Crippen LogP contribution is 2.69. The quantitative estimate of drug-likeness (QED) is 0.726. The molecular formula is C23H28F2O4S. The lowest BCUT2D eigenvalue weighted by atomic mass is 9.45. The van der Waals surface area contributed by atoms with Crippen LogP contribution in [0.2, 0.25) is 0 Å². The van der Waals surface area contributed by atoms with Gasteiger partial charge in [-0.1, -0.05) is 24.8 Å². The summed E-state index contributed by atoms with van der Waals surface area (Å²) in [5, 5.41) is 11.0. The Morgan fingerprint density at radius 2 is 1.97 bits per heavy atom. The van der Waals surface area contributed by atoms with Crippen LogP contribution in [0.25, 0.3) is 0 Å². The van der Waals surface area contributed by atoms with Crippen LogP contribution in [-0.2, 0) is 14.4 Å². The number of fused-ring (bicyclic) bond motifs is 5. The zero-order valence-corrected chi connectivity index (χ0v) is 18.3. The number of Topliss-reactive ketones (excluding diaryl/α,β-unsaturated/α-hetero) is 1. The van der Waals surface area contributed by atoms with E-state index in [2.05, 4.69) is 0 Å². The minimum absolute atomic E-state index is 0.0853. The Labute approximate surface area is 179 Å². The zero-order chi connectivity index (χ0) is 22.1. The molecule has 0 heterocycles. The number of aliphatic hydroxyl groups excluding tert-OH is 1. The van der Waals surface area contributed by atoms with Gasteiger partial charge < -0.3 is 5.11 Å². The summed E-state index contributed by atoms with van der Waals surface area (Å²) < 4.78 is 32.1. The molecule has 0 aliphatic heterocycles. The van der Waals surface area contributed by atoms with Gasteiger partial charge in [0.05, 0.1) is 11.9 Å². The molecule has 4 aliphatic carbocycles. The van der Waals surface area contributed by atoms with Crippen molar-refractivity contribution in [1.29, 1.82) is 0 Å². The molecule has 0 bridgehead atoms. The van der Waals surface area contributed by atoms with E-state index in [1.165, 1.54) is 25.2 Å². The Morgan fingerprint density at radius 3 is 2.63 bits per heavy atom. The molecule has 0 amide bonds. The Balaban J connectivity index is 1.71. The van der Waals surface area contributed by atoms with Gasteiger partial charge in [0.25, 0.3) is 0 Å². The van der Waals surface area contributed by atoms with E-state index in [0.29, 0.717) is 12.8 Å². The van der Waals surface area contributed by atoms with Gasteiger partial charge in [0.15, 0.2) is 16.6 Å². The van der Waals surface area contributed by atoms with Gasteiger partial charge in [-0.05, 0) is 68.6 Å². The molecule has 1 unspecified atom stereocenters. The molecule has 30 heavy (non-hydrogen) atoms. The highest BCUT2D eigenvalue weighted by atomic mass is 32.2. The van der Waals surface area contributed by atoms with Crippen LogP contribution < -0.4 is 0 Å². The van der Waals surface area contributed by atoms with E-state index in [9.17, 15) is 19.5 Å². The molecule has 4 nitrogen and oxygen atoms in total. The van der Waals surface area contributed by atoms with Gasteiger partial charge in [0.2, 0.25) is 0 Å². The third-order valence-corrected chi connectivity index (χ3v) is 9.45. The lowest BCUT2D eigenvalue weighted by molar-refractivity contribution is -0.201. The molecule has 3 fully saturated rings. The molecule has 3 saturated carbocycles. The number of rotatable bonds is 3. The summed E-state index contributed by atoms with van der Waals surface area (Å²) >= 11 is 0.988. The SMILES string of the molecule is CC(=O)CSC(=O)[C@H]1CCC2[C@@H]3C[C@H](F)C4=CC(=O)C=C[C@]4(C)[C@@]3(F)[C@@H](O)C[C@@]21C. The van der Waals surface area contributed by atoms with Gasteiger partial charge in [-0.15, -0.1) is 0 Å². The Morgan fingerprint density at radius 1 is 1.27 bits per heavy atom. The minimum atomic E-state index is -2.10. The molecule has 4 aliphatic rings. The van der Waals surface area contributed by atoms with Gasteiger partial charge >= 0.3 is 0 Å². The predicted molar refractivity (Wildman–Crippen MR) is 110 cm³/mol. The fourth-order valence-corrected chi connectivity index (χ4v) is 7.80. The van der Waals surface area contributed by atoms with Gasteiger partial charge in [0.1, 0.15) is 12.0 Å². The Bertz CT molecular complexity index is 869. The van der Waals surface area contributed by atoms with E-state index in [-0.39, 0.29) is 46.8 Å². The smallest absolute Gasteiger partial charge is 0.193 e. The van der Waals surface area contributed by atoms with Crippen LogP contribution in [0.4, 0.5) is 8.78 Å². The first-order valence-electron chi connectivity index (χ1n) is 10.6. The second kappa shape index (κ2) is 7.09. The topological polar surface area (TPSA) is 71.4 Å². The minimum Gasteiger partial charge on any atom is -0.390 e. The number of thioether (sulfide) groups is 1.